The molecule has 0 N–H and O–H groups in total. The summed E-state index contributed by atoms with van der Waals surface area (Å²) in [6.07, 6.45) is 7.63. The minimum Gasteiger partial charge on any atom is -0.285 e. The molecule has 0 unspecified atom stereocenters. The predicted molar refractivity (Wildman–Crippen MR) is 70.3 cm³/mol. The number of hydrogen-bond donors (Lipinski definition) is 0. The molecule has 2 aliphatic carbocycles. The van der Waals surface area contributed by atoms with Crippen molar-refractivity contribution in [3.05, 3.63) is 41.0 Å². The summed E-state index contributed by atoms with van der Waals surface area (Å²) in [5.74, 6) is -0.308. The van der Waals surface area contributed by atoms with Crippen LogP contribution in [-0.2, 0) is 4.79 Å². The maximum absolute atomic E-state index is 12.2. The number of benzene rings is 1. The van der Waals surface area contributed by atoms with E-state index in [1.807, 2.05) is 24.3 Å². The monoisotopic (exact) mass is 240 g/mol. The Kier molecular flexibility index (Phi) is 2.86. The third-order valence-electron chi connectivity index (χ3n) is 4.03. The summed E-state index contributed by atoms with van der Waals surface area (Å²) in [6, 6.07) is 7.38. The van der Waals surface area contributed by atoms with Crippen molar-refractivity contribution in [3.63, 3.8) is 0 Å². The largest absolute Gasteiger partial charge is 0.285 e. The molecule has 1 aromatic carbocycles. The summed E-state index contributed by atoms with van der Waals surface area (Å²) in [7, 11) is 0. The Hall–Kier alpha value is -1.70. The van der Waals surface area contributed by atoms with Gasteiger partial charge in [-0.1, -0.05) is 43.5 Å². The van der Waals surface area contributed by atoms with E-state index in [-0.39, 0.29) is 11.6 Å². The lowest BCUT2D eigenvalue weighted by atomic mass is 9.77. The number of fused-ring (bicyclic) bond motifs is 1. The van der Waals surface area contributed by atoms with E-state index in [2.05, 4.69) is 0 Å². The first-order chi connectivity index (χ1) is 8.77. The number of carbonyl (C=O) groups excluding carboxylic acids is 2. The van der Waals surface area contributed by atoms with Gasteiger partial charge in [0.1, 0.15) is 0 Å². The molecule has 0 atom stereocenters. The maximum Gasteiger partial charge on any atom is 0.233 e. The lowest BCUT2D eigenvalue weighted by Crippen LogP contribution is -2.26. The molecule has 92 valence electrons. The van der Waals surface area contributed by atoms with Crippen LogP contribution in [0, 0.1) is 5.92 Å². The molecule has 2 heteroatoms. The highest BCUT2D eigenvalue weighted by Gasteiger charge is 2.32. The van der Waals surface area contributed by atoms with Crippen molar-refractivity contribution in [2.75, 3.05) is 0 Å². The molecule has 2 aliphatic rings. The van der Waals surface area contributed by atoms with Crippen molar-refractivity contribution < 1.29 is 9.59 Å². The van der Waals surface area contributed by atoms with Crippen LogP contribution in [0.25, 0.3) is 6.08 Å². The molecule has 1 aromatic rings. The zero-order valence-electron chi connectivity index (χ0n) is 10.3. The second-order valence-corrected chi connectivity index (χ2v) is 5.18. The smallest absolute Gasteiger partial charge is 0.233 e. The molecular formula is C16H16O2. The van der Waals surface area contributed by atoms with Crippen molar-refractivity contribution in [1.29, 1.82) is 0 Å². The normalized spacial score (nSPS) is 20.6. The number of ketones is 2. The van der Waals surface area contributed by atoms with Crippen LogP contribution < -0.4 is 0 Å². The van der Waals surface area contributed by atoms with Gasteiger partial charge in [0.05, 0.1) is 0 Å². The molecule has 0 aliphatic heterocycles. The second-order valence-electron chi connectivity index (χ2n) is 5.18. The zero-order valence-corrected chi connectivity index (χ0v) is 10.3. The molecule has 2 nitrogen and oxygen atoms in total. The number of Topliss-reactive ketones (excluding diaryl/α,β-unsaturated/α-hetero) is 2. The summed E-state index contributed by atoms with van der Waals surface area (Å²) < 4.78 is 0. The Balaban J connectivity index is 2.02. The van der Waals surface area contributed by atoms with Crippen LogP contribution in [0.5, 0.6) is 0 Å². The lowest BCUT2D eigenvalue weighted by molar-refractivity contribution is -0.112. The Morgan fingerprint density at radius 1 is 0.889 bits per heavy atom. The van der Waals surface area contributed by atoms with Crippen LogP contribution in [0.3, 0.4) is 0 Å². The fraction of sp³-hybridized carbons (Fsp3) is 0.375. The Morgan fingerprint density at radius 3 is 2.39 bits per heavy atom. The van der Waals surface area contributed by atoms with Gasteiger partial charge >= 0.3 is 0 Å². The van der Waals surface area contributed by atoms with Gasteiger partial charge in [-0.25, -0.2) is 0 Å². The van der Waals surface area contributed by atoms with E-state index in [1.54, 1.807) is 6.07 Å². The van der Waals surface area contributed by atoms with E-state index in [1.165, 1.54) is 19.3 Å². The first kappa shape index (κ1) is 11.4. The molecule has 0 heterocycles. The molecular weight excluding hydrogens is 224 g/mol. The SMILES string of the molecule is O=C1C(=O)c2ccccc2C=C1C1CCCCC1. The maximum atomic E-state index is 12.2. The van der Waals surface area contributed by atoms with Gasteiger partial charge in [-0.05, 0) is 30.4 Å². The van der Waals surface area contributed by atoms with E-state index in [4.69, 9.17) is 0 Å². The van der Waals surface area contributed by atoms with Gasteiger partial charge in [-0.2, -0.15) is 0 Å². The molecule has 0 spiro atoms. The fourth-order valence-electron chi connectivity index (χ4n) is 3.03. The predicted octanol–water partition coefficient (Wildman–Crippen LogP) is 3.42. The van der Waals surface area contributed by atoms with Crippen molar-refractivity contribution in [2.45, 2.75) is 32.1 Å². The van der Waals surface area contributed by atoms with E-state index in [0.717, 1.165) is 24.0 Å². The van der Waals surface area contributed by atoms with E-state index in [9.17, 15) is 9.59 Å². The first-order valence-corrected chi connectivity index (χ1v) is 6.67. The van der Waals surface area contributed by atoms with Gasteiger partial charge in [-0.15, -0.1) is 0 Å². The third-order valence-corrected chi connectivity index (χ3v) is 4.03. The molecule has 0 radical (unpaired) electrons. The van der Waals surface area contributed by atoms with E-state index in [0.29, 0.717) is 11.5 Å². The van der Waals surface area contributed by atoms with Crippen LogP contribution in [0.2, 0.25) is 0 Å². The van der Waals surface area contributed by atoms with Crippen LogP contribution >= 0.6 is 0 Å². The van der Waals surface area contributed by atoms with Gasteiger partial charge in [0.25, 0.3) is 0 Å². The topological polar surface area (TPSA) is 34.1 Å². The zero-order chi connectivity index (χ0) is 12.5. The molecule has 0 aromatic heterocycles. The fourth-order valence-corrected chi connectivity index (χ4v) is 3.03. The average molecular weight is 240 g/mol. The van der Waals surface area contributed by atoms with Crippen LogP contribution in [-0.4, -0.2) is 11.6 Å². The highest BCUT2D eigenvalue weighted by molar-refractivity contribution is 6.51. The number of carbonyl (C=O) groups is 2. The van der Waals surface area contributed by atoms with Gasteiger partial charge < -0.3 is 0 Å². The Morgan fingerprint density at radius 2 is 1.61 bits per heavy atom. The van der Waals surface area contributed by atoms with Crippen molar-refractivity contribution in [2.24, 2.45) is 5.92 Å². The van der Waals surface area contributed by atoms with Crippen LogP contribution in [0.4, 0.5) is 0 Å². The standard InChI is InChI=1S/C16H16O2/c17-15-13-9-5-4-8-12(13)10-14(16(15)18)11-6-2-1-3-7-11/h4-5,8-11H,1-3,6-7H2. The molecule has 0 bridgehead atoms. The highest BCUT2D eigenvalue weighted by Crippen LogP contribution is 2.34. The van der Waals surface area contributed by atoms with Gasteiger partial charge in [0, 0.05) is 11.1 Å². The Bertz CT molecular complexity index is 534. The third kappa shape index (κ3) is 1.82. The Labute approximate surface area is 107 Å². The minimum absolute atomic E-state index is 0.277. The van der Waals surface area contributed by atoms with Crippen LogP contribution in [0.15, 0.2) is 29.8 Å². The van der Waals surface area contributed by atoms with E-state index < -0.39 is 0 Å². The average Bonchev–Trinajstić information content (AvgIpc) is 2.44. The summed E-state index contributed by atoms with van der Waals surface area (Å²) in [4.78, 5) is 24.2. The molecule has 1 saturated carbocycles. The summed E-state index contributed by atoms with van der Waals surface area (Å²) in [5.41, 5.74) is 2.21. The molecule has 1 fully saturated rings. The molecule has 18 heavy (non-hydrogen) atoms. The van der Waals surface area contributed by atoms with E-state index >= 15 is 0 Å². The molecule has 0 saturated heterocycles. The number of hydrogen-bond acceptors (Lipinski definition) is 2. The minimum atomic E-state index is -0.325. The molecule has 0 amide bonds. The number of allylic oxidation sites excluding steroid dienone is 1. The van der Waals surface area contributed by atoms with Crippen molar-refractivity contribution >= 4 is 17.6 Å². The summed E-state index contributed by atoms with van der Waals surface area (Å²) >= 11 is 0. The van der Waals surface area contributed by atoms with Gasteiger partial charge in [-0.3, -0.25) is 9.59 Å². The summed E-state index contributed by atoms with van der Waals surface area (Å²) in [5, 5.41) is 0. The quantitative estimate of drug-likeness (QED) is 0.705. The molecule has 3 rings (SSSR count). The number of rotatable bonds is 1. The van der Waals surface area contributed by atoms with Crippen molar-refractivity contribution in [1.82, 2.24) is 0 Å². The summed E-state index contributed by atoms with van der Waals surface area (Å²) in [6.45, 7) is 0. The van der Waals surface area contributed by atoms with Gasteiger partial charge in [0.15, 0.2) is 0 Å². The first-order valence-electron chi connectivity index (χ1n) is 6.67. The second kappa shape index (κ2) is 4.52. The lowest BCUT2D eigenvalue weighted by Gasteiger charge is -2.25. The van der Waals surface area contributed by atoms with Crippen LogP contribution in [0.1, 0.15) is 48.0 Å². The van der Waals surface area contributed by atoms with Crippen molar-refractivity contribution in [3.8, 4) is 0 Å². The van der Waals surface area contributed by atoms with Gasteiger partial charge in [0.2, 0.25) is 11.6 Å². The highest BCUT2D eigenvalue weighted by atomic mass is 16.2.